The molecule has 44 heavy (non-hydrogen) atoms. The number of nitriles is 1. The molecule has 1 unspecified atom stereocenters. The van der Waals surface area contributed by atoms with Gasteiger partial charge in [-0.2, -0.15) is 10.4 Å². The molecular formula is C28H23Cl2N7O6S. The number of rotatable bonds is 9. The topological polar surface area (TPSA) is 185 Å². The molecule has 1 aliphatic rings. The highest BCUT2D eigenvalue weighted by Gasteiger charge is 2.35. The van der Waals surface area contributed by atoms with Crippen molar-refractivity contribution in [3.8, 4) is 17.3 Å². The van der Waals surface area contributed by atoms with E-state index in [1.54, 1.807) is 38.7 Å². The summed E-state index contributed by atoms with van der Waals surface area (Å²) in [6.45, 7) is -0.0160. The second-order valence-corrected chi connectivity index (χ2v) is 11.5. The number of carbonyl (C=O) groups excluding carboxylic acids is 4. The summed E-state index contributed by atoms with van der Waals surface area (Å²) in [5, 5.41) is 28.6. The van der Waals surface area contributed by atoms with Crippen LogP contribution in [-0.4, -0.2) is 71.2 Å². The molecule has 3 aromatic rings. The number of likely N-dealkylation sites (N-methyl/N-ethyl adjacent to an activating group) is 1. The number of hydrazone groups is 1. The number of fused-ring (bicyclic) bond motifs is 1. The zero-order valence-corrected chi connectivity index (χ0v) is 25.7. The van der Waals surface area contributed by atoms with Crippen LogP contribution in [0.3, 0.4) is 0 Å². The first-order chi connectivity index (χ1) is 20.3. The summed E-state index contributed by atoms with van der Waals surface area (Å²) in [7, 11) is 5.30. The number of nitrogens with one attached hydrogen (secondary N) is 2. The Morgan fingerprint density at radius 1 is 1.11 bits per heavy atom. The minimum Gasteiger partial charge on any atom is -1.00 e. The number of Topliss-reactive ketones (excluding diaryl/α,β-unsaturated/α-hetero) is 2. The molecule has 1 atom stereocenters. The summed E-state index contributed by atoms with van der Waals surface area (Å²) in [5.41, 5.74) is 2.15. The van der Waals surface area contributed by atoms with Gasteiger partial charge < -0.3 is 22.2 Å². The molecule has 226 valence electrons. The van der Waals surface area contributed by atoms with Crippen LogP contribution in [0.15, 0.2) is 69.7 Å². The van der Waals surface area contributed by atoms with Gasteiger partial charge in [0.15, 0.2) is 6.54 Å². The van der Waals surface area contributed by atoms with Gasteiger partial charge in [-0.15, -0.1) is 11.3 Å². The van der Waals surface area contributed by atoms with Crippen molar-refractivity contribution in [1.29, 1.82) is 5.26 Å². The molecular weight excluding hydrogens is 633 g/mol. The van der Waals surface area contributed by atoms with Crippen molar-refractivity contribution in [3.63, 3.8) is 0 Å². The fourth-order valence-electron chi connectivity index (χ4n) is 4.01. The van der Waals surface area contributed by atoms with Gasteiger partial charge in [0.2, 0.25) is 11.6 Å². The number of hydrogen-bond donors (Lipinski definition) is 2. The van der Waals surface area contributed by atoms with E-state index in [2.05, 4.69) is 20.8 Å². The van der Waals surface area contributed by atoms with Gasteiger partial charge in [-0.25, -0.2) is 10.4 Å². The predicted molar refractivity (Wildman–Crippen MR) is 157 cm³/mol. The Morgan fingerprint density at radius 2 is 1.73 bits per heavy atom. The Labute approximate surface area is 266 Å². The third kappa shape index (κ3) is 7.39. The van der Waals surface area contributed by atoms with Crippen molar-refractivity contribution in [1.82, 2.24) is 15.7 Å². The maximum Gasteiger partial charge on any atom is 0.295 e. The van der Waals surface area contributed by atoms with Crippen LogP contribution in [0.1, 0.15) is 31.6 Å². The highest BCUT2D eigenvalue weighted by atomic mass is 35.5. The number of ketones is 2. The summed E-state index contributed by atoms with van der Waals surface area (Å²) in [4.78, 5) is 66.9. The first-order valence-corrected chi connectivity index (χ1v) is 13.7. The lowest BCUT2D eigenvalue weighted by atomic mass is 9.92. The standard InChI is InChI=1S/C28H22ClN7O6S.ClH/c1-36(2,3)13-21(37)33-34-23(27(40)32-24-22(29)25(38)17-6-4-5-7-18(17)26(24)39)19(12-30)28-31-20(14-43-28)15-8-10-16(11-9-15)35(41)42;/h4-11,14,19H,13H2,1-3H3,(H-,32,33,37,38,40);1H. The number of amides is 2. The molecule has 2 aromatic carbocycles. The van der Waals surface area contributed by atoms with Gasteiger partial charge in [0.25, 0.3) is 17.5 Å². The van der Waals surface area contributed by atoms with Crippen LogP contribution in [0, 0.1) is 21.4 Å². The number of benzene rings is 2. The number of hydrogen-bond acceptors (Lipinski definition) is 10. The highest BCUT2D eigenvalue weighted by molar-refractivity contribution is 7.10. The van der Waals surface area contributed by atoms with Crippen LogP contribution in [0.4, 0.5) is 5.69 Å². The van der Waals surface area contributed by atoms with Crippen LogP contribution >= 0.6 is 22.9 Å². The summed E-state index contributed by atoms with van der Waals surface area (Å²) in [5.74, 6) is -4.45. The van der Waals surface area contributed by atoms with Gasteiger partial charge in [-0.1, -0.05) is 35.9 Å². The number of nitrogens with zero attached hydrogens (tertiary/aromatic N) is 5. The van der Waals surface area contributed by atoms with Crippen molar-refractivity contribution in [2.75, 3.05) is 27.7 Å². The van der Waals surface area contributed by atoms with Crippen LogP contribution in [0.2, 0.25) is 0 Å². The van der Waals surface area contributed by atoms with E-state index in [9.17, 15) is 34.6 Å². The summed E-state index contributed by atoms with van der Waals surface area (Å²) < 4.78 is 0.244. The number of nitro groups is 1. The fourth-order valence-corrected chi connectivity index (χ4v) is 5.12. The van der Waals surface area contributed by atoms with E-state index in [-0.39, 0.29) is 45.3 Å². The fraction of sp³-hybridized carbons (Fsp3) is 0.179. The van der Waals surface area contributed by atoms with Crippen LogP contribution in [0.5, 0.6) is 0 Å². The van der Waals surface area contributed by atoms with E-state index in [0.29, 0.717) is 11.3 Å². The van der Waals surface area contributed by atoms with E-state index in [1.807, 2.05) is 6.07 Å². The summed E-state index contributed by atoms with van der Waals surface area (Å²) in [6, 6.07) is 13.5. The zero-order chi connectivity index (χ0) is 31.5. The lowest BCUT2D eigenvalue weighted by Gasteiger charge is -2.22. The monoisotopic (exact) mass is 655 g/mol. The summed E-state index contributed by atoms with van der Waals surface area (Å²) >= 11 is 7.21. The molecule has 0 bridgehead atoms. The molecule has 4 rings (SSSR count). The van der Waals surface area contributed by atoms with Crippen molar-refractivity contribution >= 4 is 57.7 Å². The second-order valence-electron chi connectivity index (χ2n) is 10.3. The smallest absolute Gasteiger partial charge is 0.295 e. The number of carbonyl (C=O) groups is 4. The minimum atomic E-state index is -1.43. The molecule has 0 aliphatic heterocycles. The quantitative estimate of drug-likeness (QED) is 0.141. The maximum atomic E-state index is 13.6. The SMILES string of the molecule is C[N+](C)(C)CC(=O)NN=C(C(=O)NC1=C(Cl)C(=O)c2ccccc2C1=O)C(C#N)c1nc(-c2ccc([N+](=O)[O-])cc2)cs1.[Cl-]. The Hall–Kier alpha value is -4.81. The van der Waals surface area contributed by atoms with Crippen LogP contribution in [-0.2, 0) is 9.59 Å². The van der Waals surface area contributed by atoms with Crippen molar-refractivity contribution < 1.29 is 41.0 Å². The number of non-ortho nitro benzene ring substituents is 1. The molecule has 2 amide bonds. The third-order valence-corrected chi connectivity index (χ3v) is 7.27. The van der Waals surface area contributed by atoms with Crippen LogP contribution < -0.4 is 23.1 Å². The number of nitro benzene ring substituents is 1. The number of allylic oxidation sites excluding steroid dienone is 2. The molecule has 1 aromatic heterocycles. The van der Waals surface area contributed by atoms with Gasteiger partial charge in [0, 0.05) is 34.2 Å². The van der Waals surface area contributed by atoms with Gasteiger partial charge >= 0.3 is 0 Å². The number of thiazole rings is 1. The van der Waals surface area contributed by atoms with Gasteiger partial charge in [0.05, 0.1) is 37.8 Å². The average molecular weight is 657 g/mol. The Morgan fingerprint density at radius 3 is 2.30 bits per heavy atom. The van der Waals surface area contributed by atoms with Crippen LogP contribution in [0.25, 0.3) is 11.3 Å². The average Bonchev–Trinajstić information content (AvgIpc) is 3.45. The summed E-state index contributed by atoms with van der Waals surface area (Å²) in [6.07, 6.45) is 0. The second kappa shape index (κ2) is 13.7. The molecule has 1 heterocycles. The molecule has 0 saturated carbocycles. The lowest BCUT2D eigenvalue weighted by molar-refractivity contribution is -0.862. The Bertz CT molecular complexity index is 1770. The van der Waals surface area contributed by atoms with Crippen molar-refractivity contribution in [2.24, 2.45) is 5.10 Å². The normalized spacial score (nSPS) is 13.8. The van der Waals surface area contributed by atoms with E-state index >= 15 is 0 Å². The van der Waals surface area contributed by atoms with Crippen molar-refractivity contribution in [3.05, 3.63) is 90.9 Å². The lowest BCUT2D eigenvalue weighted by Crippen LogP contribution is -3.00. The molecule has 0 fully saturated rings. The number of quaternary nitrogens is 1. The predicted octanol–water partition coefficient (Wildman–Crippen LogP) is 0.154. The van der Waals surface area contributed by atoms with Crippen molar-refractivity contribution in [2.45, 2.75) is 5.92 Å². The van der Waals surface area contributed by atoms with Gasteiger partial charge in [0.1, 0.15) is 27.4 Å². The molecule has 0 spiro atoms. The van der Waals surface area contributed by atoms with Gasteiger partial charge in [-0.05, 0) is 12.1 Å². The zero-order valence-electron chi connectivity index (χ0n) is 23.3. The van der Waals surface area contributed by atoms with E-state index < -0.39 is 50.7 Å². The molecule has 13 nitrogen and oxygen atoms in total. The number of halogens is 2. The maximum absolute atomic E-state index is 13.6. The van der Waals surface area contributed by atoms with E-state index in [0.717, 1.165) is 11.3 Å². The third-order valence-electron chi connectivity index (χ3n) is 6.00. The number of aromatic nitrogens is 1. The molecule has 2 N–H and O–H groups in total. The first-order valence-electron chi connectivity index (χ1n) is 12.5. The Balaban J connectivity index is 0.00000529. The minimum absolute atomic E-state index is 0. The van der Waals surface area contributed by atoms with Gasteiger partial charge in [-0.3, -0.25) is 29.3 Å². The molecule has 0 radical (unpaired) electrons. The molecule has 0 saturated heterocycles. The highest BCUT2D eigenvalue weighted by Crippen LogP contribution is 2.30. The molecule has 1 aliphatic carbocycles. The van der Waals surface area contributed by atoms with E-state index in [4.69, 9.17) is 11.6 Å². The first kappa shape index (κ1) is 33.7. The Kier molecular flexibility index (Phi) is 10.5. The van der Waals surface area contributed by atoms with E-state index in [1.165, 1.54) is 36.4 Å². The largest absolute Gasteiger partial charge is 1.00 e. The molecule has 16 heteroatoms.